The van der Waals surface area contributed by atoms with E-state index in [0.717, 1.165) is 295 Å². The Kier molecular flexibility index (Phi) is 86.7. The van der Waals surface area contributed by atoms with E-state index in [2.05, 4.69) is 71.3 Å². The number of carbonyl (C=O) groups excluding carboxylic acids is 7. The number of rotatable bonds is 101. The zero-order valence-electron chi connectivity index (χ0n) is 91.2. The number of carbonyl (C=O) groups is 7. The number of esters is 5. The third kappa shape index (κ3) is 76.2. The Labute approximate surface area is 867 Å². The maximum atomic E-state index is 15.4. The Hall–Kier alpha value is -3.99. The summed E-state index contributed by atoms with van der Waals surface area (Å²) in [5, 5.41) is 41.2. The predicted molar refractivity (Wildman–Crippen MR) is 569 cm³/mol. The predicted octanol–water partition coefficient (Wildman–Crippen LogP) is 27.6. The van der Waals surface area contributed by atoms with Gasteiger partial charge in [0.15, 0.2) is 24.8 Å². The Bertz CT molecular complexity index is 3200. The molecule has 2 aliphatic heterocycles. The average Bonchev–Trinajstić information content (AvgIpc) is 0.774. The van der Waals surface area contributed by atoms with Crippen LogP contribution in [0.1, 0.15) is 569 Å². The van der Waals surface area contributed by atoms with Crippen LogP contribution in [0.2, 0.25) is 0 Å². The standard InChI is InChI=1S/C113H212N2O26P2/c1-8-15-22-29-36-43-46-48-50-57-64-70-77-84-101(120)133-94(81-74-67-60-53-40-33-26-19-12-5)88-99(118)114-106-110(138-104(123)87-93(117)80-73-66-59-52-39-32-25-18-11-4)108(125)98(137-113(106)141-143(129,130)131)92-132-112-107(115-100(119)89-95(82-75-68-61-54-41-34-27-20-13-6)134-102(121)85-78-71-65-58-51-49-47-44-37-30-23-16-9-2)111(109(97(91-116)136-112)140-142(126,127)128)139-105(124)90-96(83-76-69-62-55-42-35-28-21-14-7)135-103(122)86-79-72-63-56-45-38-31-24-17-10-3/h44,47,93-98,106-113,116-117,125H,8-43,45-46,48-92H2,1-7H3,(H,114,118)(H,115,119)(H2,126,127,128)(H2,129,130,131)/b47-44-/t93?,94?,95?,96?,97?,98?,106?,107?,108-,109-,110-,111-,112-,113?/m1/s1. The van der Waals surface area contributed by atoms with Gasteiger partial charge in [-0.3, -0.25) is 42.6 Å². The van der Waals surface area contributed by atoms with Crippen molar-refractivity contribution in [1.29, 1.82) is 0 Å². The summed E-state index contributed by atoms with van der Waals surface area (Å²) in [6.45, 7) is 13.1. The molecule has 2 heterocycles. The van der Waals surface area contributed by atoms with Gasteiger partial charge in [0.25, 0.3) is 0 Å². The van der Waals surface area contributed by atoms with Gasteiger partial charge in [0.1, 0.15) is 54.8 Å². The fourth-order valence-corrected chi connectivity index (χ4v) is 20.5. The van der Waals surface area contributed by atoms with E-state index in [0.29, 0.717) is 44.9 Å². The second kappa shape index (κ2) is 91.8. The number of unbranched alkanes of at least 4 members (excludes halogenated alkanes) is 62. The van der Waals surface area contributed by atoms with Crippen LogP contribution in [0.25, 0.3) is 0 Å². The van der Waals surface area contributed by atoms with Crippen molar-refractivity contribution in [2.24, 2.45) is 0 Å². The van der Waals surface area contributed by atoms with Crippen LogP contribution in [0.4, 0.5) is 0 Å². The van der Waals surface area contributed by atoms with Gasteiger partial charge in [-0.25, -0.2) is 9.13 Å². The molecule has 0 aromatic heterocycles. The van der Waals surface area contributed by atoms with Crippen LogP contribution >= 0.6 is 15.6 Å². The minimum atomic E-state index is -5.75. The van der Waals surface area contributed by atoms with Crippen LogP contribution in [0.15, 0.2) is 12.2 Å². The van der Waals surface area contributed by atoms with Crippen molar-refractivity contribution in [1.82, 2.24) is 10.6 Å². The Morgan fingerprint density at radius 2 is 0.573 bits per heavy atom. The van der Waals surface area contributed by atoms with Crippen LogP contribution in [0.5, 0.6) is 0 Å². The summed E-state index contributed by atoms with van der Waals surface area (Å²) in [5.74, 6) is -5.56. The number of aliphatic hydroxyl groups is 3. The Morgan fingerprint density at radius 3 is 0.895 bits per heavy atom. The molecule has 0 radical (unpaired) electrons. The van der Waals surface area contributed by atoms with Crippen LogP contribution in [-0.4, -0.2) is 175 Å². The fourth-order valence-electron chi connectivity index (χ4n) is 19.4. The zero-order valence-corrected chi connectivity index (χ0v) is 93.0. The number of phosphoric ester groups is 2. The van der Waals surface area contributed by atoms with Gasteiger partial charge >= 0.3 is 45.5 Å². The van der Waals surface area contributed by atoms with Gasteiger partial charge in [-0.1, -0.05) is 446 Å². The van der Waals surface area contributed by atoms with Gasteiger partial charge in [-0.05, 0) is 89.9 Å². The second-order valence-electron chi connectivity index (χ2n) is 41.7. The number of aliphatic hydroxyl groups excluding tert-OH is 3. The molecule has 0 aromatic rings. The molecule has 0 bridgehead atoms. The third-order valence-electron chi connectivity index (χ3n) is 28.0. The summed E-state index contributed by atoms with van der Waals surface area (Å²) >= 11 is 0. The summed E-state index contributed by atoms with van der Waals surface area (Å²) < 4.78 is 87.7. The van der Waals surface area contributed by atoms with E-state index in [1.807, 2.05) is 0 Å². The van der Waals surface area contributed by atoms with E-state index in [1.165, 1.54) is 109 Å². The van der Waals surface area contributed by atoms with Crippen molar-refractivity contribution in [3.05, 3.63) is 12.2 Å². The largest absolute Gasteiger partial charge is 0.472 e. The molecule has 0 aliphatic carbocycles. The molecule has 9 unspecified atom stereocenters. The molecule has 0 saturated carbocycles. The molecule has 30 heteroatoms. The van der Waals surface area contributed by atoms with Crippen molar-refractivity contribution in [2.75, 3.05) is 13.2 Å². The van der Waals surface area contributed by atoms with Gasteiger partial charge < -0.3 is 83.4 Å². The zero-order chi connectivity index (χ0) is 105. The van der Waals surface area contributed by atoms with Gasteiger partial charge in [-0.2, -0.15) is 0 Å². The molecule has 840 valence electrons. The minimum absolute atomic E-state index is 0.0664. The molecule has 2 rings (SSSR count). The lowest BCUT2D eigenvalue weighted by molar-refractivity contribution is -0.297. The lowest BCUT2D eigenvalue weighted by atomic mass is 9.95. The molecule has 28 nitrogen and oxygen atoms in total. The van der Waals surface area contributed by atoms with E-state index in [1.54, 1.807) is 0 Å². The molecule has 2 amide bonds. The smallest absolute Gasteiger partial charge is 0.462 e. The van der Waals surface area contributed by atoms with E-state index in [9.17, 15) is 68.0 Å². The summed E-state index contributed by atoms with van der Waals surface area (Å²) in [6, 6.07) is -3.93. The van der Waals surface area contributed by atoms with Crippen molar-refractivity contribution in [3.8, 4) is 0 Å². The minimum Gasteiger partial charge on any atom is -0.462 e. The van der Waals surface area contributed by atoms with Crippen molar-refractivity contribution in [3.63, 3.8) is 0 Å². The summed E-state index contributed by atoms with van der Waals surface area (Å²) in [7, 11) is -11.5. The number of hydrogen-bond donors (Lipinski definition) is 9. The SMILES string of the molecule is CCCCCC/C=C\CCCCCCCC(=O)OC(CCCCCCCCCCC)CC(=O)NC1[C@H](OCC2OC(OP(=O)(O)O)C(NC(=O)CC(CCCCCCCCCCC)OC(=O)CCCCCCCCCCCCCCC)[C@@H](OC(=O)CC(O)CCCCCCCCCCC)[C@@H]2O)OC(CO)[C@@H](OP(=O)(O)O)[C@@H]1OC(=O)CC(CCCCCCCCCCC)OC(=O)CCCCCCCCCCCC. The lowest BCUT2D eigenvalue weighted by Crippen LogP contribution is -2.68. The third-order valence-corrected chi connectivity index (χ3v) is 29.0. The molecule has 9 N–H and O–H groups in total. The Balaban J connectivity index is 2.94. The highest BCUT2D eigenvalue weighted by Crippen LogP contribution is 2.45. The van der Waals surface area contributed by atoms with Gasteiger partial charge in [-0.15, -0.1) is 0 Å². The molecule has 14 atom stereocenters. The van der Waals surface area contributed by atoms with Gasteiger partial charge in [0.2, 0.25) is 11.8 Å². The highest BCUT2D eigenvalue weighted by atomic mass is 31.2. The number of allylic oxidation sites excluding steroid dienone is 2. The van der Waals surface area contributed by atoms with Crippen molar-refractivity contribution >= 4 is 57.3 Å². The van der Waals surface area contributed by atoms with E-state index < -0.39 is 182 Å². The first-order valence-corrected chi connectivity index (χ1v) is 61.9. The maximum Gasteiger partial charge on any atom is 0.472 e. The van der Waals surface area contributed by atoms with Crippen molar-refractivity contribution in [2.45, 2.75) is 654 Å². The molecule has 2 fully saturated rings. The summed E-state index contributed by atoms with van der Waals surface area (Å²) in [6.07, 6.45) is 53.2. The number of nitrogens with one attached hydrogen (secondary N) is 2. The summed E-state index contributed by atoms with van der Waals surface area (Å²) in [5.41, 5.74) is 0. The molecule has 0 spiro atoms. The molecular weight excluding hydrogens is 1860 g/mol. The second-order valence-corrected chi connectivity index (χ2v) is 44.1. The molecule has 0 aromatic carbocycles. The number of phosphoric acid groups is 2. The monoisotopic (exact) mass is 2080 g/mol. The number of amides is 2. The van der Waals surface area contributed by atoms with Crippen LogP contribution in [-0.2, 0) is 89.6 Å². The van der Waals surface area contributed by atoms with E-state index >= 15 is 9.59 Å². The summed E-state index contributed by atoms with van der Waals surface area (Å²) in [4.78, 5) is 145. The topological polar surface area (TPSA) is 412 Å². The maximum absolute atomic E-state index is 15.4. The molecule has 2 aliphatic rings. The van der Waals surface area contributed by atoms with E-state index in [4.69, 9.17) is 46.9 Å². The van der Waals surface area contributed by atoms with Gasteiger partial charge in [0.05, 0.1) is 45.0 Å². The average molecular weight is 2080 g/mol. The normalized spacial score (nSPS) is 19.2. The molecular formula is C113H212N2O26P2. The Morgan fingerprint density at radius 1 is 0.308 bits per heavy atom. The van der Waals surface area contributed by atoms with E-state index in [-0.39, 0.29) is 44.9 Å². The van der Waals surface area contributed by atoms with Crippen LogP contribution in [0.3, 0.4) is 0 Å². The quantitative estimate of drug-likeness (QED) is 0.00898. The van der Waals surface area contributed by atoms with Crippen LogP contribution < -0.4 is 10.6 Å². The number of ether oxygens (including phenoxy) is 8. The first-order chi connectivity index (χ1) is 69.2. The van der Waals surface area contributed by atoms with Crippen LogP contribution in [0, 0.1) is 0 Å². The number of hydrogen-bond acceptors (Lipinski definition) is 22. The first kappa shape index (κ1) is 135. The highest BCUT2D eigenvalue weighted by Gasteiger charge is 2.55. The molecule has 2 saturated heterocycles. The lowest BCUT2D eigenvalue weighted by Gasteiger charge is -2.47. The molecule has 143 heavy (non-hydrogen) atoms. The fraction of sp³-hybridized carbons (Fsp3) is 0.920. The van der Waals surface area contributed by atoms with Crippen molar-refractivity contribution < 1.29 is 125 Å². The first-order valence-electron chi connectivity index (χ1n) is 58.8. The van der Waals surface area contributed by atoms with Gasteiger partial charge in [0, 0.05) is 19.3 Å². The highest BCUT2D eigenvalue weighted by molar-refractivity contribution is 7.46.